The van der Waals surface area contributed by atoms with Gasteiger partial charge in [-0.2, -0.15) is 13.2 Å². The van der Waals surface area contributed by atoms with Gasteiger partial charge in [-0.3, -0.25) is 4.98 Å². The van der Waals surface area contributed by atoms with E-state index in [1.165, 1.54) is 18.2 Å². The summed E-state index contributed by atoms with van der Waals surface area (Å²) in [5, 5.41) is 9.71. The normalized spacial score (nSPS) is 13.9. The number of pyridine rings is 1. The van der Waals surface area contributed by atoms with E-state index in [0.29, 0.717) is 10.9 Å². The van der Waals surface area contributed by atoms with Crippen LogP contribution in [0.2, 0.25) is 0 Å². The van der Waals surface area contributed by atoms with Crippen LogP contribution in [0.15, 0.2) is 30.3 Å². The van der Waals surface area contributed by atoms with Crippen molar-refractivity contribution in [1.82, 2.24) is 4.98 Å². The highest BCUT2D eigenvalue weighted by Gasteiger charge is 2.39. The Labute approximate surface area is 95.7 Å². The standard InChI is InChI=1S/C12H10F3NO/c1-7-2-3-8-6-9(4-5-10(8)16-7)11(17)12(13,14)15/h2-6,11,17H,1H3/t11-/m1/s1. The third-order valence-electron chi connectivity index (χ3n) is 2.48. The second-order valence-corrected chi connectivity index (χ2v) is 3.85. The third kappa shape index (κ3) is 2.39. The molecule has 90 valence electrons. The Balaban J connectivity index is 2.48. The topological polar surface area (TPSA) is 33.1 Å². The molecule has 0 amide bonds. The highest BCUT2D eigenvalue weighted by atomic mass is 19.4. The quantitative estimate of drug-likeness (QED) is 0.832. The van der Waals surface area contributed by atoms with Crippen LogP contribution in [0.5, 0.6) is 0 Å². The Morgan fingerprint density at radius 1 is 1.18 bits per heavy atom. The average molecular weight is 241 g/mol. The summed E-state index contributed by atoms with van der Waals surface area (Å²) in [4.78, 5) is 4.18. The molecule has 1 atom stereocenters. The van der Waals surface area contributed by atoms with Gasteiger partial charge in [-0.05, 0) is 30.7 Å². The minimum atomic E-state index is -4.65. The lowest BCUT2D eigenvalue weighted by atomic mass is 10.1. The molecular weight excluding hydrogens is 231 g/mol. The number of aryl methyl sites for hydroxylation is 1. The van der Waals surface area contributed by atoms with Crippen LogP contribution < -0.4 is 0 Å². The van der Waals surface area contributed by atoms with Crippen molar-refractivity contribution in [3.05, 3.63) is 41.6 Å². The van der Waals surface area contributed by atoms with Crippen LogP contribution in [-0.4, -0.2) is 16.3 Å². The molecule has 0 unspecified atom stereocenters. The van der Waals surface area contributed by atoms with Crippen molar-refractivity contribution in [2.24, 2.45) is 0 Å². The lowest BCUT2D eigenvalue weighted by Crippen LogP contribution is -2.20. The summed E-state index contributed by atoms with van der Waals surface area (Å²) in [7, 11) is 0. The first-order chi connectivity index (χ1) is 7.88. The molecule has 0 fully saturated rings. The molecule has 0 aliphatic carbocycles. The van der Waals surface area contributed by atoms with E-state index in [1.54, 1.807) is 19.1 Å². The number of fused-ring (bicyclic) bond motifs is 1. The molecule has 0 saturated heterocycles. The molecule has 1 aromatic heterocycles. The molecule has 0 aliphatic rings. The number of rotatable bonds is 1. The Morgan fingerprint density at radius 2 is 1.88 bits per heavy atom. The molecule has 5 heteroatoms. The van der Waals surface area contributed by atoms with E-state index in [4.69, 9.17) is 5.11 Å². The fourth-order valence-corrected chi connectivity index (χ4v) is 1.61. The lowest BCUT2D eigenvalue weighted by Gasteiger charge is -2.15. The van der Waals surface area contributed by atoms with Crippen molar-refractivity contribution in [3.63, 3.8) is 0 Å². The van der Waals surface area contributed by atoms with Gasteiger partial charge < -0.3 is 5.11 Å². The van der Waals surface area contributed by atoms with Crippen LogP contribution in [0, 0.1) is 6.92 Å². The van der Waals surface area contributed by atoms with E-state index in [-0.39, 0.29) is 5.56 Å². The van der Waals surface area contributed by atoms with Gasteiger partial charge >= 0.3 is 6.18 Å². The number of benzene rings is 1. The monoisotopic (exact) mass is 241 g/mol. The van der Waals surface area contributed by atoms with Gasteiger partial charge in [0.2, 0.25) is 0 Å². The van der Waals surface area contributed by atoms with Gasteiger partial charge in [0.1, 0.15) is 0 Å². The average Bonchev–Trinajstić information content (AvgIpc) is 2.26. The number of alkyl halides is 3. The van der Waals surface area contributed by atoms with E-state index in [0.717, 1.165) is 5.69 Å². The number of hydrogen-bond donors (Lipinski definition) is 1. The third-order valence-corrected chi connectivity index (χ3v) is 2.48. The van der Waals surface area contributed by atoms with Gasteiger partial charge in [-0.1, -0.05) is 12.1 Å². The zero-order valence-corrected chi connectivity index (χ0v) is 8.99. The first-order valence-electron chi connectivity index (χ1n) is 5.00. The zero-order chi connectivity index (χ0) is 12.6. The summed E-state index contributed by atoms with van der Waals surface area (Å²) >= 11 is 0. The van der Waals surface area contributed by atoms with Crippen LogP contribution in [0.4, 0.5) is 13.2 Å². The van der Waals surface area contributed by atoms with Crippen molar-refractivity contribution in [3.8, 4) is 0 Å². The molecule has 2 aromatic rings. The number of aliphatic hydroxyl groups is 1. The van der Waals surface area contributed by atoms with Gasteiger partial charge in [0.15, 0.2) is 6.10 Å². The molecule has 0 radical (unpaired) electrons. The largest absolute Gasteiger partial charge is 0.418 e. The van der Waals surface area contributed by atoms with Gasteiger partial charge in [-0.15, -0.1) is 0 Å². The minimum Gasteiger partial charge on any atom is -0.379 e. The fraction of sp³-hybridized carbons (Fsp3) is 0.250. The number of aliphatic hydroxyl groups excluding tert-OH is 1. The van der Waals surface area contributed by atoms with Gasteiger partial charge in [0.05, 0.1) is 5.52 Å². The summed E-state index contributed by atoms with van der Waals surface area (Å²) < 4.78 is 37.0. The highest BCUT2D eigenvalue weighted by molar-refractivity contribution is 5.79. The van der Waals surface area contributed by atoms with Crippen molar-refractivity contribution in [2.75, 3.05) is 0 Å². The summed E-state index contributed by atoms with van der Waals surface area (Å²) in [5.74, 6) is 0. The van der Waals surface area contributed by atoms with E-state index in [9.17, 15) is 13.2 Å². The molecule has 0 saturated carbocycles. The van der Waals surface area contributed by atoms with E-state index < -0.39 is 12.3 Å². The first-order valence-corrected chi connectivity index (χ1v) is 5.00. The zero-order valence-electron chi connectivity index (χ0n) is 8.99. The van der Waals surface area contributed by atoms with Crippen LogP contribution in [0.3, 0.4) is 0 Å². The van der Waals surface area contributed by atoms with E-state index >= 15 is 0 Å². The maximum atomic E-state index is 12.3. The molecule has 1 N–H and O–H groups in total. The van der Waals surface area contributed by atoms with Gasteiger partial charge in [-0.25, -0.2) is 0 Å². The second-order valence-electron chi connectivity index (χ2n) is 3.85. The molecule has 17 heavy (non-hydrogen) atoms. The predicted molar refractivity (Wildman–Crippen MR) is 57.5 cm³/mol. The van der Waals surface area contributed by atoms with Crippen molar-refractivity contribution >= 4 is 10.9 Å². The van der Waals surface area contributed by atoms with Crippen LogP contribution in [-0.2, 0) is 0 Å². The minimum absolute atomic E-state index is 0.171. The summed E-state index contributed by atoms with van der Waals surface area (Å²) in [6.45, 7) is 1.80. The second kappa shape index (κ2) is 4.00. The van der Waals surface area contributed by atoms with Crippen LogP contribution >= 0.6 is 0 Å². The summed E-state index contributed by atoms with van der Waals surface area (Å²) in [6, 6.07) is 7.43. The van der Waals surface area contributed by atoms with Crippen LogP contribution in [0.1, 0.15) is 17.4 Å². The Morgan fingerprint density at radius 3 is 2.53 bits per heavy atom. The Hall–Kier alpha value is -1.62. The van der Waals surface area contributed by atoms with Crippen molar-refractivity contribution in [2.45, 2.75) is 19.2 Å². The van der Waals surface area contributed by atoms with Gasteiger partial charge in [0, 0.05) is 11.1 Å². The first kappa shape index (κ1) is 11.9. The Bertz CT molecular complexity index is 551. The van der Waals surface area contributed by atoms with Crippen molar-refractivity contribution < 1.29 is 18.3 Å². The Kier molecular flexibility index (Phi) is 2.79. The van der Waals surface area contributed by atoms with E-state index in [1.807, 2.05) is 0 Å². The molecule has 0 spiro atoms. The molecule has 1 heterocycles. The number of hydrogen-bond acceptors (Lipinski definition) is 2. The predicted octanol–water partition coefficient (Wildman–Crippen LogP) is 3.14. The molecule has 2 rings (SSSR count). The van der Waals surface area contributed by atoms with Crippen LogP contribution in [0.25, 0.3) is 10.9 Å². The molecule has 0 aliphatic heterocycles. The SMILES string of the molecule is Cc1ccc2cc([C@@H](O)C(F)(F)F)ccc2n1. The molecule has 2 nitrogen and oxygen atoms in total. The summed E-state index contributed by atoms with van der Waals surface area (Å²) in [6.07, 6.45) is -7.10. The number of nitrogens with zero attached hydrogens (tertiary/aromatic N) is 1. The lowest BCUT2D eigenvalue weighted by molar-refractivity contribution is -0.206. The van der Waals surface area contributed by atoms with Gasteiger partial charge in [0.25, 0.3) is 0 Å². The van der Waals surface area contributed by atoms with Crippen molar-refractivity contribution in [1.29, 1.82) is 0 Å². The maximum absolute atomic E-state index is 12.3. The van der Waals surface area contributed by atoms with E-state index in [2.05, 4.69) is 4.98 Å². The molecule has 1 aromatic carbocycles. The fourth-order valence-electron chi connectivity index (χ4n) is 1.61. The number of halogens is 3. The summed E-state index contributed by atoms with van der Waals surface area (Å²) in [5.41, 5.74) is 1.24. The maximum Gasteiger partial charge on any atom is 0.418 e. The number of aromatic nitrogens is 1. The smallest absolute Gasteiger partial charge is 0.379 e. The highest BCUT2D eigenvalue weighted by Crippen LogP contribution is 2.33. The molecule has 0 bridgehead atoms. The molecular formula is C12H10F3NO.